The van der Waals surface area contributed by atoms with E-state index in [2.05, 4.69) is 10.7 Å². The maximum atomic E-state index is 11.3. The van der Waals surface area contributed by atoms with Crippen molar-refractivity contribution in [3.63, 3.8) is 0 Å². The molecule has 7 nitrogen and oxygen atoms in total. The molecule has 1 rings (SSSR count). The van der Waals surface area contributed by atoms with Crippen LogP contribution in [-0.2, 0) is 14.8 Å². The van der Waals surface area contributed by atoms with E-state index in [1.54, 1.807) is 0 Å². The Morgan fingerprint density at radius 1 is 1.38 bits per heavy atom. The van der Waals surface area contributed by atoms with Gasteiger partial charge >= 0.3 is 0 Å². The van der Waals surface area contributed by atoms with E-state index in [-0.39, 0.29) is 16.3 Å². The van der Waals surface area contributed by atoms with Crippen molar-refractivity contribution < 1.29 is 13.2 Å². The van der Waals surface area contributed by atoms with Gasteiger partial charge in [-0.2, -0.15) is 0 Å². The summed E-state index contributed by atoms with van der Waals surface area (Å²) in [7, 11) is -3.92. The van der Waals surface area contributed by atoms with E-state index in [9.17, 15) is 13.2 Å². The Morgan fingerprint density at radius 3 is 2.44 bits per heavy atom. The van der Waals surface area contributed by atoms with Crippen LogP contribution in [0.25, 0.3) is 0 Å². The molecule has 88 valence electrons. The van der Waals surface area contributed by atoms with Gasteiger partial charge in [-0.15, -0.1) is 0 Å². The van der Waals surface area contributed by atoms with Crippen LogP contribution in [0.1, 0.15) is 6.92 Å². The number of carbonyl (C=O) groups excluding carboxylic acids is 1. The van der Waals surface area contributed by atoms with Gasteiger partial charge < -0.3 is 10.7 Å². The molecule has 0 aliphatic carbocycles. The van der Waals surface area contributed by atoms with Crippen LogP contribution in [-0.4, -0.2) is 14.3 Å². The molecule has 0 saturated heterocycles. The van der Waals surface area contributed by atoms with Crippen molar-refractivity contribution in [1.29, 1.82) is 0 Å². The van der Waals surface area contributed by atoms with Crippen molar-refractivity contribution in [1.82, 2.24) is 0 Å². The molecule has 1 aromatic carbocycles. The predicted molar refractivity (Wildman–Crippen MR) is 59.9 cm³/mol. The maximum absolute atomic E-state index is 11.3. The van der Waals surface area contributed by atoms with Gasteiger partial charge in [-0.1, -0.05) is 6.07 Å². The monoisotopic (exact) mass is 244 g/mol. The van der Waals surface area contributed by atoms with Crippen molar-refractivity contribution in [2.45, 2.75) is 11.8 Å². The fraction of sp³-hybridized carbons (Fsp3) is 0.125. The number of sulfonamides is 1. The third kappa shape index (κ3) is 2.69. The highest BCUT2D eigenvalue weighted by Crippen LogP contribution is 2.28. The van der Waals surface area contributed by atoms with Gasteiger partial charge in [0.25, 0.3) is 0 Å². The molecule has 0 radical (unpaired) electrons. The molecule has 0 spiro atoms. The van der Waals surface area contributed by atoms with Crippen LogP contribution in [0.5, 0.6) is 0 Å². The second kappa shape index (κ2) is 4.47. The van der Waals surface area contributed by atoms with Crippen molar-refractivity contribution in [3.05, 3.63) is 18.2 Å². The van der Waals surface area contributed by atoms with Crippen LogP contribution in [0, 0.1) is 0 Å². The average molecular weight is 244 g/mol. The lowest BCUT2D eigenvalue weighted by atomic mass is 10.2. The second-order valence-corrected chi connectivity index (χ2v) is 4.58. The van der Waals surface area contributed by atoms with Crippen molar-refractivity contribution in [2.24, 2.45) is 11.0 Å². The zero-order valence-corrected chi connectivity index (χ0v) is 9.34. The minimum Gasteiger partial charge on any atom is -0.323 e. The summed E-state index contributed by atoms with van der Waals surface area (Å²) in [5, 5.41) is 7.37. The average Bonchev–Trinajstić information content (AvgIpc) is 2.15. The molecule has 0 aliphatic rings. The number of nitrogen functional groups attached to an aromatic ring is 1. The fourth-order valence-corrected chi connectivity index (χ4v) is 1.91. The first-order valence-corrected chi connectivity index (χ1v) is 5.81. The summed E-state index contributed by atoms with van der Waals surface area (Å²) in [6.45, 7) is 1.25. The molecular weight excluding hydrogens is 232 g/mol. The van der Waals surface area contributed by atoms with Gasteiger partial charge in [0.15, 0.2) is 0 Å². The van der Waals surface area contributed by atoms with Crippen molar-refractivity contribution >= 4 is 27.3 Å². The number of anilines is 2. The van der Waals surface area contributed by atoms with E-state index in [1.807, 2.05) is 0 Å². The first-order chi connectivity index (χ1) is 7.36. The van der Waals surface area contributed by atoms with Crippen LogP contribution in [0.15, 0.2) is 23.1 Å². The Morgan fingerprint density at radius 2 is 2.00 bits per heavy atom. The Balaban J connectivity index is 3.43. The molecule has 0 unspecified atom stereocenters. The zero-order valence-electron chi connectivity index (χ0n) is 8.52. The normalized spacial score (nSPS) is 10.9. The standard InChI is InChI=1S/C8H12N4O3S/c1-5(13)11-8-6(12-9)3-2-4-7(8)16(10,14)15/h2-4,12H,9H2,1H3,(H,11,13)(H2,10,14,15). The van der Waals surface area contributed by atoms with Crippen LogP contribution >= 0.6 is 0 Å². The molecule has 0 aromatic heterocycles. The van der Waals surface area contributed by atoms with Gasteiger partial charge in [0.2, 0.25) is 15.9 Å². The molecule has 0 aliphatic heterocycles. The largest absolute Gasteiger partial charge is 0.323 e. The lowest BCUT2D eigenvalue weighted by Crippen LogP contribution is -2.19. The summed E-state index contributed by atoms with van der Waals surface area (Å²) in [5.41, 5.74) is 2.59. The molecule has 8 heteroatoms. The Labute approximate surface area is 92.8 Å². The summed E-state index contributed by atoms with van der Waals surface area (Å²) in [6.07, 6.45) is 0. The first kappa shape index (κ1) is 12.4. The topological polar surface area (TPSA) is 127 Å². The van der Waals surface area contributed by atoms with E-state index >= 15 is 0 Å². The molecule has 0 heterocycles. The van der Waals surface area contributed by atoms with Gasteiger partial charge in [0.05, 0.1) is 11.4 Å². The number of rotatable bonds is 3. The molecule has 0 saturated carbocycles. The number of amides is 1. The number of benzene rings is 1. The van der Waals surface area contributed by atoms with E-state index in [0.29, 0.717) is 0 Å². The summed E-state index contributed by atoms with van der Waals surface area (Å²) < 4.78 is 22.5. The molecule has 0 atom stereocenters. The van der Waals surface area contributed by atoms with Crippen molar-refractivity contribution in [2.75, 3.05) is 10.7 Å². The molecular formula is C8H12N4O3S. The molecule has 16 heavy (non-hydrogen) atoms. The van der Waals surface area contributed by atoms with Crippen LogP contribution in [0.3, 0.4) is 0 Å². The molecule has 1 aromatic rings. The Hall–Kier alpha value is -1.64. The van der Waals surface area contributed by atoms with Crippen molar-refractivity contribution in [3.8, 4) is 0 Å². The minimum atomic E-state index is -3.92. The van der Waals surface area contributed by atoms with Gasteiger partial charge in [0.1, 0.15) is 4.90 Å². The smallest absolute Gasteiger partial charge is 0.240 e. The van der Waals surface area contributed by atoms with Crippen LogP contribution < -0.4 is 21.7 Å². The van der Waals surface area contributed by atoms with Crippen LogP contribution in [0.4, 0.5) is 11.4 Å². The number of para-hydroxylation sites is 1. The number of primary sulfonamides is 1. The second-order valence-electron chi connectivity index (χ2n) is 3.05. The molecule has 1 amide bonds. The number of hydrogen-bond donors (Lipinski definition) is 4. The quantitative estimate of drug-likeness (QED) is 0.424. The van der Waals surface area contributed by atoms with E-state index in [1.165, 1.54) is 25.1 Å². The predicted octanol–water partition coefficient (Wildman–Crippen LogP) is -0.422. The number of nitrogens with two attached hydrogens (primary N) is 2. The number of nitrogens with one attached hydrogen (secondary N) is 2. The lowest BCUT2D eigenvalue weighted by Gasteiger charge is -2.12. The maximum Gasteiger partial charge on any atom is 0.240 e. The van der Waals surface area contributed by atoms with Gasteiger partial charge in [-0.25, -0.2) is 13.6 Å². The highest BCUT2D eigenvalue weighted by Gasteiger charge is 2.17. The summed E-state index contributed by atoms with van der Waals surface area (Å²) in [4.78, 5) is 10.7. The van der Waals surface area contributed by atoms with Gasteiger partial charge in [-0.05, 0) is 12.1 Å². The zero-order chi connectivity index (χ0) is 12.3. The summed E-state index contributed by atoms with van der Waals surface area (Å²) in [5.74, 6) is 4.78. The molecule has 6 N–H and O–H groups in total. The number of hydrogen-bond acceptors (Lipinski definition) is 5. The Bertz CT molecular complexity index is 512. The third-order valence-corrected chi connectivity index (χ3v) is 2.74. The fourth-order valence-electron chi connectivity index (χ4n) is 1.19. The third-order valence-electron chi connectivity index (χ3n) is 1.79. The SMILES string of the molecule is CC(=O)Nc1c(NN)cccc1S(N)(=O)=O. The molecule has 0 bridgehead atoms. The highest BCUT2D eigenvalue weighted by atomic mass is 32.2. The summed E-state index contributed by atoms with van der Waals surface area (Å²) >= 11 is 0. The lowest BCUT2D eigenvalue weighted by molar-refractivity contribution is -0.114. The Kier molecular flexibility index (Phi) is 3.48. The summed E-state index contributed by atoms with van der Waals surface area (Å²) in [6, 6.07) is 4.25. The highest BCUT2D eigenvalue weighted by molar-refractivity contribution is 7.89. The molecule has 0 fully saturated rings. The van der Waals surface area contributed by atoms with Gasteiger partial charge in [0, 0.05) is 6.92 Å². The number of hydrazine groups is 1. The number of carbonyl (C=O) groups is 1. The minimum absolute atomic E-state index is 0.0417. The van der Waals surface area contributed by atoms with Crippen LogP contribution in [0.2, 0.25) is 0 Å². The van der Waals surface area contributed by atoms with E-state index in [0.717, 1.165) is 0 Å². The van der Waals surface area contributed by atoms with E-state index in [4.69, 9.17) is 11.0 Å². The van der Waals surface area contributed by atoms with Gasteiger partial charge in [-0.3, -0.25) is 10.6 Å². The van der Waals surface area contributed by atoms with E-state index < -0.39 is 15.9 Å². The first-order valence-electron chi connectivity index (χ1n) is 4.26.